The Morgan fingerprint density at radius 1 is 1.03 bits per heavy atom. The van der Waals surface area contributed by atoms with Crippen molar-refractivity contribution < 1.29 is 26.8 Å². The highest BCUT2D eigenvalue weighted by Gasteiger charge is 2.23. The maximum atomic E-state index is 12.6. The molecular formula is C19H26N4O6S. The number of nitrogens with two attached hydrogens (primary N) is 2. The lowest BCUT2D eigenvalue weighted by molar-refractivity contribution is 0.338. The number of hydrogen-bond acceptors (Lipinski definition) is 8. The molecule has 0 aromatic heterocycles. The molecule has 2 rings (SSSR count). The van der Waals surface area contributed by atoms with E-state index in [0.717, 1.165) is 5.56 Å². The van der Waals surface area contributed by atoms with E-state index < -0.39 is 10.1 Å². The molecule has 2 aromatic carbocycles. The van der Waals surface area contributed by atoms with Gasteiger partial charge in [-0.1, -0.05) is 0 Å². The van der Waals surface area contributed by atoms with Crippen LogP contribution in [0.15, 0.2) is 51.5 Å². The fourth-order valence-corrected chi connectivity index (χ4v) is 3.34. The summed E-state index contributed by atoms with van der Waals surface area (Å²) in [6.45, 7) is 7.15. The number of ether oxygens (including phenoxy) is 3. The van der Waals surface area contributed by atoms with Crippen LogP contribution in [0.3, 0.4) is 0 Å². The van der Waals surface area contributed by atoms with E-state index >= 15 is 0 Å². The zero-order valence-electron chi connectivity index (χ0n) is 17.3. The van der Waals surface area contributed by atoms with Crippen LogP contribution >= 0.6 is 0 Å². The minimum absolute atomic E-state index is 0.0648. The molecule has 0 spiro atoms. The average Bonchev–Trinajstić information content (AvgIpc) is 2.67. The molecular weight excluding hydrogens is 412 g/mol. The molecule has 0 aliphatic heterocycles. The Morgan fingerprint density at radius 3 is 2.20 bits per heavy atom. The maximum absolute atomic E-state index is 12.6. The summed E-state index contributed by atoms with van der Waals surface area (Å²) < 4.78 is 46.1. The Labute approximate surface area is 176 Å². The van der Waals surface area contributed by atoms with Crippen LogP contribution in [0.1, 0.15) is 12.5 Å². The molecule has 0 fully saturated rings. The fraction of sp³-hybridized carbons (Fsp3) is 0.263. The van der Waals surface area contributed by atoms with Crippen molar-refractivity contribution in [2.75, 3.05) is 20.8 Å². The number of guanidine groups is 1. The van der Waals surface area contributed by atoms with Crippen molar-refractivity contribution in [3.63, 3.8) is 0 Å². The molecule has 0 aliphatic carbocycles. The third-order valence-corrected chi connectivity index (χ3v) is 4.64. The van der Waals surface area contributed by atoms with Gasteiger partial charge in [-0.05, 0) is 43.7 Å². The average molecular weight is 439 g/mol. The Hall–Kier alpha value is -3.47. The summed E-state index contributed by atoms with van der Waals surface area (Å²) in [6.07, 6.45) is 0. The second-order valence-electron chi connectivity index (χ2n) is 5.64. The SMILES string of the molecule is C=NN=C(N)N.CCOc1cc(C)cc(OS(=O)(=O)c2cc(OC)ccc2OC)c1. The topological polar surface area (TPSA) is 148 Å². The van der Waals surface area contributed by atoms with Gasteiger partial charge in [0.05, 0.1) is 20.8 Å². The van der Waals surface area contributed by atoms with Gasteiger partial charge in [-0.15, -0.1) is 5.10 Å². The first-order valence-corrected chi connectivity index (χ1v) is 10.0. The standard InChI is InChI=1S/C17H20O6S.C2H6N4/c1-5-22-14-8-12(2)9-15(10-14)23-24(18,19)17-11-13(20-3)6-7-16(17)21-4;1-5-6-2(3)4/h6-11H,5H2,1-4H3;1H2,(H4,3,4,6). The number of methoxy groups -OCH3 is 2. The highest BCUT2D eigenvalue weighted by atomic mass is 32.2. The minimum Gasteiger partial charge on any atom is -0.497 e. The van der Waals surface area contributed by atoms with Crippen LogP contribution in [0.2, 0.25) is 0 Å². The third-order valence-electron chi connectivity index (χ3n) is 3.37. The van der Waals surface area contributed by atoms with Crippen LogP contribution < -0.4 is 29.9 Å². The fourth-order valence-electron chi connectivity index (χ4n) is 2.24. The Balaban J connectivity index is 0.000000656. The van der Waals surface area contributed by atoms with E-state index in [2.05, 4.69) is 16.9 Å². The molecule has 0 radical (unpaired) electrons. The summed E-state index contributed by atoms with van der Waals surface area (Å²) >= 11 is 0. The van der Waals surface area contributed by atoms with Gasteiger partial charge in [0.2, 0.25) is 5.96 Å². The zero-order valence-corrected chi connectivity index (χ0v) is 18.1. The molecule has 164 valence electrons. The van der Waals surface area contributed by atoms with E-state index in [1.54, 1.807) is 18.2 Å². The van der Waals surface area contributed by atoms with Crippen molar-refractivity contribution in [2.45, 2.75) is 18.7 Å². The zero-order chi connectivity index (χ0) is 22.7. The van der Waals surface area contributed by atoms with Crippen molar-refractivity contribution >= 4 is 22.8 Å². The highest BCUT2D eigenvalue weighted by Crippen LogP contribution is 2.32. The number of rotatable bonds is 8. The van der Waals surface area contributed by atoms with Crippen molar-refractivity contribution in [1.82, 2.24) is 0 Å². The van der Waals surface area contributed by atoms with Crippen molar-refractivity contribution in [2.24, 2.45) is 21.7 Å². The van der Waals surface area contributed by atoms with Gasteiger partial charge in [-0.2, -0.15) is 13.5 Å². The lowest BCUT2D eigenvalue weighted by Gasteiger charge is -2.13. The lowest BCUT2D eigenvalue weighted by Crippen LogP contribution is -2.21. The molecule has 2 aromatic rings. The van der Waals surface area contributed by atoms with Gasteiger partial charge in [0, 0.05) is 18.9 Å². The Kier molecular flexibility index (Phi) is 9.43. The molecule has 0 saturated carbocycles. The van der Waals surface area contributed by atoms with Crippen LogP contribution in [0.5, 0.6) is 23.0 Å². The van der Waals surface area contributed by atoms with Crippen LogP contribution in [-0.4, -0.2) is 41.9 Å². The summed E-state index contributed by atoms with van der Waals surface area (Å²) in [5.41, 5.74) is 10.4. The van der Waals surface area contributed by atoms with Crippen molar-refractivity contribution in [3.8, 4) is 23.0 Å². The molecule has 0 aliphatic rings. The van der Waals surface area contributed by atoms with E-state index in [9.17, 15) is 8.42 Å². The monoisotopic (exact) mass is 438 g/mol. The predicted molar refractivity (Wildman–Crippen MR) is 115 cm³/mol. The van der Waals surface area contributed by atoms with Gasteiger partial charge in [0.25, 0.3) is 0 Å². The highest BCUT2D eigenvalue weighted by molar-refractivity contribution is 7.87. The van der Waals surface area contributed by atoms with E-state index in [1.807, 2.05) is 13.8 Å². The van der Waals surface area contributed by atoms with Crippen LogP contribution in [0.4, 0.5) is 0 Å². The van der Waals surface area contributed by atoms with Gasteiger partial charge in [0.1, 0.15) is 23.0 Å². The molecule has 0 unspecified atom stereocenters. The summed E-state index contributed by atoms with van der Waals surface area (Å²) in [4.78, 5) is -0.108. The molecule has 0 heterocycles. The third kappa shape index (κ3) is 7.51. The van der Waals surface area contributed by atoms with E-state index in [4.69, 9.17) is 29.9 Å². The van der Waals surface area contributed by atoms with Crippen LogP contribution in [-0.2, 0) is 10.1 Å². The molecule has 0 bridgehead atoms. The molecule has 10 nitrogen and oxygen atoms in total. The van der Waals surface area contributed by atoms with Gasteiger partial charge in [-0.25, -0.2) is 0 Å². The Morgan fingerprint density at radius 2 is 1.70 bits per heavy atom. The maximum Gasteiger partial charge on any atom is 0.343 e. The first-order chi connectivity index (χ1) is 14.2. The first kappa shape index (κ1) is 24.6. The van der Waals surface area contributed by atoms with Crippen LogP contribution in [0, 0.1) is 6.92 Å². The normalized spacial score (nSPS) is 10.1. The molecule has 30 heavy (non-hydrogen) atoms. The largest absolute Gasteiger partial charge is 0.497 e. The quantitative estimate of drug-likeness (QED) is 0.275. The summed E-state index contributed by atoms with van der Waals surface area (Å²) in [7, 11) is -1.26. The van der Waals surface area contributed by atoms with E-state index in [1.165, 1.54) is 32.4 Å². The molecule has 0 amide bonds. The van der Waals surface area contributed by atoms with E-state index in [-0.39, 0.29) is 22.4 Å². The summed E-state index contributed by atoms with van der Waals surface area (Å²) in [5, 5.41) is 6.13. The summed E-state index contributed by atoms with van der Waals surface area (Å²) in [6, 6.07) is 9.42. The van der Waals surface area contributed by atoms with Crippen LogP contribution in [0.25, 0.3) is 0 Å². The lowest BCUT2D eigenvalue weighted by atomic mass is 10.2. The molecule has 4 N–H and O–H groups in total. The Bertz CT molecular complexity index is 989. The first-order valence-electron chi connectivity index (χ1n) is 8.62. The van der Waals surface area contributed by atoms with Crippen molar-refractivity contribution in [1.29, 1.82) is 0 Å². The number of hydrogen-bond donors (Lipinski definition) is 2. The van der Waals surface area contributed by atoms with Gasteiger partial charge < -0.3 is 29.9 Å². The molecule has 0 atom stereocenters. The molecule has 0 saturated heterocycles. The van der Waals surface area contributed by atoms with Crippen molar-refractivity contribution in [3.05, 3.63) is 42.0 Å². The van der Waals surface area contributed by atoms with E-state index in [0.29, 0.717) is 18.1 Å². The predicted octanol–water partition coefficient (Wildman–Crippen LogP) is 2.05. The van der Waals surface area contributed by atoms with Gasteiger partial charge in [-0.3, -0.25) is 0 Å². The second-order valence-corrected chi connectivity index (χ2v) is 7.15. The number of benzene rings is 2. The smallest absolute Gasteiger partial charge is 0.343 e. The van der Waals surface area contributed by atoms with Gasteiger partial charge in [0.15, 0.2) is 4.90 Å². The summed E-state index contributed by atoms with van der Waals surface area (Å²) in [5.74, 6) is 1.21. The molecule has 11 heteroatoms. The number of nitrogens with zero attached hydrogens (tertiary/aromatic N) is 2. The van der Waals surface area contributed by atoms with Gasteiger partial charge >= 0.3 is 10.1 Å². The number of aryl methyl sites for hydroxylation is 1. The second kappa shape index (κ2) is 11.5. The minimum atomic E-state index is -4.10.